The minimum absolute atomic E-state index is 0.0470. The summed E-state index contributed by atoms with van der Waals surface area (Å²) in [6, 6.07) is 11.7. The van der Waals surface area contributed by atoms with Crippen molar-refractivity contribution < 1.29 is 23.1 Å². The maximum atomic E-state index is 13.0. The summed E-state index contributed by atoms with van der Waals surface area (Å²) in [6.07, 6.45) is -4.26. The normalized spacial score (nSPS) is 15.4. The van der Waals surface area contributed by atoms with Crippen LogP contribution in [0.3, 0.4) is 0 Å². The van der Waals surface area contributed by atoms with E-state index in [-0.39, 0.29) is 11.5 Å². The van der Waals surface area contributed by atoms with Crippen molar-refractivity contribution >= 4 is 22.6 Å². The number of nitrogens with zero attached hydrogens (tertiary/aromatic N) is 3. The lowest BCUT2D eigenvalue weighted by atomic mass is 9.93. The maximum absolute atomic E-state index is 13.0. The lowest BCUT2D eigenvalue weighted by Gasteiger charge is -2.30. The fourth-order valence-electron chi connectivity index (χ4n) is 4.52. The average Bonchev–Trinajstić information content (AvgIpc) is 3.17. The first-order chi connectivity index (χ1) is 15.7. The van der Waals surface area contributed by atoms with Gasteiger partial charge in [0.25, 0.3) is 5.56 Å². The van der Waals surface area contributed by atoms with Crippen molar-refractivity contribution in [3.63, 3.8) is 0 Å². The van der Waals surface area contributed by atoms with Gasteiger partial charge >= 0.3 is 12.3 Å². The van der Waals surface area contributed by atoms with Gasteiger partial charge in [-0.3, -0.25) is 4.79 Å². The third kappa shape index (κ3) is 3.71. The molecule has 0 bridgehead atoms. The molecule has 2 aromatic carbocycles. The highest BCUT2D eigenvalue weighted by atomic mass is 19.4. The van der Waals surface area contributed by atoms with E-state index in [4.69, 9.17) is 0 Å². The Balaban J connectivity index is 1.63. The molecule has 0 radical (unpaired) electrons. The predicted octanol–water partition coefficient (Wildman–Crippen LogP) is 4.72. The number of rotatable bonds is 2. The number of alkyl halides is 3. The van der Waals surface area contributed by atoms with Gasteiger partial charge in [-0.25, -0.2) is 9.31 Å². The minimum atomic E-state index is -4.43. The molecule has 170 valence electrons. The predicted molar refractivity (Wildman–Crippen MR) is 115 cm³/mol. The fourth-order valence-corrected chi connectivity index (χ4v) is 4.52. The van der Waals surface area contributed by atoms with Gasteiger partial charge in [0.1, 0.15) is 5.65 Å². The molecule has 0 atom stereocenters. The molecule has 33 heavy (non-hydrogen) atoms. The van der Waals surface area contributed by atoms with Gasteiger partial charge in [-0.05, 0) is 42.2 Å². The van der Waals surface area contributed by atoms with E-state index in [1.54, 1.807) is 22.7 Å². The molecular formula is C23H19F3N4O3. The Morgan fingerprint density at radius 2 is 1.79 bits per heavy atom. The SMILES string of the molecule is O=C(O)N1CCC(c2cc(=O)[nH]c3c4c(-c5ccc(C(F)(F)F)cc5)cccc4nn23)CC1. The fraction of sp³-hybridized carbons (Fsp3) is 0.261. The first-order valence-corrected chi connectivity index (χ1v) is 10.4. The molecule has 0 saturated carbocycles. The highest BCUT2D eigenvalue weighted by Gasteiger charge is 2.30. The van der Waals surface area contributed by atoms with E-state index in [0.29, 0.717) is 59.3 Å². The summed E-state index contributed by atoms with van der Waals surface area (Å²) in [5.74, 6) is -0.0470. The summed E-state index contributed by atoms with van der Waals surface area (Å²) in [5, 5.41) is 14.5. The van der Waals surface area contributed by atoms with Crippen molar-refractivity contribution in [2.24, 2.45) is 0 Å². The van der Waals surface area contributed by atoms with Gasteiger partial charge in [-0.1, -0.05) is 24.3 Å². The lowest BCUT2D eigenvalue weighted by Crippen LogP contribution is -2.37. The number of aromatic nitrogens is 3. The minimum Gasteiger partial charge on any atom is -0.465 e. The second kappa shape index (κ2) is 7.65. The van der Waals surface area contributed by atoms with E-state index in [0.717, 1.165) is 12.1 Å². The summed E-state index contributed by atoms with van der Waals surface area (Å²) in [4.78, 5) is 27.9. The number of likely N-dealkylation sites (tertiary alicyclic amines) is 1. The molecule has 5 rings (SSSR count). The summed E-state index contributed by atoms with van der Waals surface area (Å²) < 4.78 is 40.6. The zero-order chi connectivity index (χ0) is 23.3. The number of fused-ring (bicyclic) bond motifs is 3. The number of carbonyl (C=O) groups is 1. The highest BCUT2D eigenvalue weighted by molar-refractivity contribution is 6.04. The zero-order valence-electron chi connectivity index (χ0n) is 17.3. The standard InChI is InChI=1S/C23H19F3N4O3/c24-23(25,26)15-6-4-13(5-7-15)16-2-1-3-17-20(16)21-27-19(31)12-18(30(21)28-17)14-8-10-29(11-9-14)22(32)33/h1-7,12,14H,8-11H2,(H,27,31)(H,32,33). The molecule has 1 fully saturated rings. The number of nitrogens with one attached hydrogen (secondary N) is 1. The molecule has 2 aromatic heterocycles. The number of H-pyrrole nitrogens is 1. The van der Waals surface area contributed by atoms with E-state index < -0.39 is 17.8 Å². The van der Waals surface area contributed by atoms with Crippen LogP contribution in [0.5, 0.6) is 0 Å². The summed E-state index contributed by atoms with van der Waals surface area (Å²) in [5.41, 5.74) is 1.92. The quantitative estimate of drug-likeness (QED) is 0.457. The van der Waals surface area contributed by atoms with Crippen molar-refractivity contribution in [2.45, 2.75) is 24.9 Å². The Morgan fingerprint density at radius 1 is 1.09 bits per heavy atom. The Morgan fingerprint density at radius 3 is 2.42 bits per heavy atom. The van der Waals surface area contributed by atoms with Crippen LogP contribution in [0, 0.1) is 0 Å². The molecule has 1 saturated heterocycles. The molecule has 4 aromatic rings. The molecule has 10 heteroatoms. The van der Waals surface area contributed by atoms with Crippen LogP contribution >= 0.6 is 0 Å². The Bertz CT molecular complexity index is 1420. The van der Waals surface area contributed by atoms with Gasteiger partial charge in [0.2, 0.25) is 0 Å². The van der Waals surface area contributed by atoms with E-state index >= 15 is 0 Å². The molecule has 0 spiro atoms. The molecule has 2 N–H and O–H groups in total. The van der Waals surface area contributed by atoms with Gasteiger partial charge < -0.3 is 15.0 Å². The van der Waals surface area contributed by atoms with Crippen LogP contribution in [0.4, 0.5) is 18.0 Å². The molecule has 1 aliphatic heterocycles. The van der Waals surface area contributed by atoms with Crippen LogP contribution in [0.2, 0.25) is 0 Å². The van der Waals surface area contributed by atoms with Crippen LogP contribution in [-0.4, -0.2) is 43.8 Å². The van der Waals surface area contributed by atoms with E-state index in [1.807, 2.05) is 0 Å². The van der Waals surface area contributed by atoms with Gasteiger partial charge in [0, 0.05) is 25.1 Å². The number of piperidine rings is 1. The van der Waals surface area contributed by atoms with Crippen LogP contribution in [0.15, 0.2) is 53.3 Å². The second-order valence-electron chi connectivity index (χ2n) is 8.14. The van der Waals surface area contributed by atoms with E-state index in [2.05, 4.69) is 10.1 Å². The van der Waals surface area contributed by atoms with Crippen LogP contribution in [-0.2, 0) is 6.18 Å². The van der Waals surface area contributed by atoms with Crippen molar-refractivity contribution in [2.75, 3.05) is 13.1 Å². The van der Waals surface area contributed by atoms with Gasteiger partial charge in [-0.15, -0.1) is 0 Å². The number of amides is 1. The summed E-state index contributed by atoms with van der Waals surface area (Å²) in [6.45, 7) is 0.734. The van der Waals surface area contributed by atoms with Crippen molar-refractivity contribution in [1.29, 1.82) is 0 Å². The zero-order valence-corrected chi connectivity index (χ0v) is 17.3. The number of hydrogen-bond donors (Lipinski definition) is 2. The molecule has 1 aliphatic rings. The number of hydrogen-bond acceptors (Lipinski definition) is 3. The maximum Gasteiger partial charge on any atom is 0.416 e. The first kappa shape index (κ1) is 21.0. The number of halogens is 3. The molecule has 0 unspecified atom stereocenters. The topological polar surface area (TPSA) is 90.7 Å². The van der Waals surface area contributed by atoms with Crippen molar-refractivity contribution in [3.8, 4) is 11.1 Å². The smallest absolute Gasteiger partial charge is 0.416 e. The Kier molecular flexibility index (Phi) is 4.88. The third-order valence-electron chi connectivity index (χ3n) is 6.17. The monoisotopic (exact) mass is 456 g/mol. The summed E-state index contributed by atoms with van der Waals surface area (Å²) >= 11 is 0. The van der Waals surface area contributed by atoms with Gasteiger partial charge in [0.15, 0.2) is 0 Å². The van der Waals surface area contributed by atoms with E-state index in [9.17, 15) is 27.9 Å². The number of aromatic amines is 1. The van der Waals surface area contributed by atoms with Crippen LogP contribution < -0.4 is 5.56 Å². The van der Waals surface area contributed by atoms with Gasteiger partial charge in [-0.2, -0.15) is 18.3 Å². The molecule has 7 nitrogen and oxygen atoms in total. The molecule has 0 aliphatic carbocycles. The Labute approximate surface area is 185 Å². The van der Waals surface area contributed by atoms with E-state index in [1.165, 1.54) is 23.1 Å². The molecule has 1 amide bonds. The highest BCUT2D eigenvalue weighted by Crippen LogP contribution is 2.35. The second-order valence-corrected chi connectivity index (χ2v) is 8.14. The van der Waals surface area contributed by atoms with Crippen LogP contribution in [0.1, 0.15) is 30.0 Å². The lowest BCUT2D eigenvalue weighted by molar-refractivity contribution is -0.137. The van der Waals surface area contributed by atoms with Crippen molar-refractivity contribution in [1.82, 2.24) is 19.5 Å². The Hall–Kier alpha value is -3.82. The largest absolute Gasteiger partial charge is 0.465 e. The number of carboxylic acid groups (broad SMARTS) is 1. The third-order valence-corrected chi connectivity index (χ3v) is 6.17. The van der Waals surface area contributed by atoms with Gasteiger partial charge in [0.05, 0.1) is 22.2 Å². The first-order valence-electron chi connectivity index (χ1n) is 10.4. The van der Waals surface area contributed by atoms with Crippen LogP contribution in [0.25, 0.3) is 27.7 Å². The average molecular weight is 456 g/mol. The molecule has 3 heterocycles. The molecular weight excluding hydrogens is 437 g/mol. The van der Waals surface area contributed by atoms with Crippen molar-refractivity contribution in [3.05, 3.63) is 70.1 Å². The number of benzene rings is 2. The summed E-state index contributed by atoms with van der Waals surface area (Å²) in [7, 11) is 0.